The first-order valence-corrected chi connectivity index (χ1v) is 11.2. The van der Waals surface area contributed by atoms with Gasteiger partial charge in [0, 0.05) is 46.9 Å². The van der Waals surface area contributed by atoms with E-state index in [1.807, 2.05) is 0 Å². The summed E-state index contributed by atoms with van der Waals surface area (Å²) in [6.07, 6.45) is 10.6. The molecule has 0 spiro atoms. The number of fused-ring (bicyclic) bond motifs is 1. The van der Waals surface area contributed by atoms with Gasteiger partial charge in [0.15, 0.2) is 12.4 Å². The number of likely N-dealkylation sites (tertiary alicyclic amines) is 1. The molecule has 1 N–H and O–H groups in total. The molecule has 0 atom stereocenters. The van der Waals surface area contributed by atoms with Crippen molar-refractivity contribution in [1.82, 2.24) is 9.47 Å². The van der Waals surface area contributed by atoms with Crippen LogP contribution in [0.4, 0.5) is 0 Å². The van der Waals surface area contributed by atoms with Crippen LogP contribution in [0.5, 0.6) is 0 Å². The number of benzene rings is 1. The van der Waals surface area contributed by atoms with Gasteiger partial charge in [-0.1, -0.05) is 24.6 Å². The first-order chi connectivity index (χ1) is 13.9. The Labute approximate surface area is 170 Å². The third kappa shape index (κ3) is 3.50. The minimum absolute atomic E-state index is 1.05. The van der Waals surface area contributed by atoms with E-state index in [-0.39, 0.29) is 0 Å². The van der Waals surface area contributed by atoms with Crippen LogP contribution < -0.4 is 4.98 Å². The maximum absolute atomic E-state index is 3.36. The van der Waals surface area contributed by atoms with Crippen LogP contribution in [0.2, 0.25) is 0 Å². The monoisotopic (exact) mass is 388 g/mol. The van der Waals surface area contributed by atoms with Gasteiger partial charge in [-0.3, -0.25) is 0 Å². The number of aromatic amines is 1. The van der Waals surface area contributed by atoms with E-state index in [9.17, 15) is 0 Å². The van der Waals surface area contributed by atoms with Crippen molar-refractivity contribution in [3.8, 4) is 22.3 Å². The quantitative estimate of drug-likeness (QED) is 0.452. The summed E-state index contributed by atoms with van der Waals surface area (Å²) in [7, 11) is 0. The molecule has 1 aliphatic heterocycles. The number of piperidine rings is 1. The normalized spacial score (nSPS) is 15.3. The zero-order valence-corrected chi connectivity index (χ0v) is 16.9. The van der Waals surface area contributed by atoms with E-state index >= 15 is 0 Å². The predicted octanol–water partition coefficient (Wildman–Crippen LogP) is 5.34. The molecule has 0 radical (unpaired) electrons. The van der Waals surface area contributed by atoms with Crippen molar-refractivity contribution in [3.05, 3.63) is 65.7 Å². The van der Waals surface area contributed by atoms with E-state index in [0.717, 1.165) is 13.1 Å². The summed E-state index contributed by atoms with van der Waals surface area (Å²) in [5, 5.41) is 5.67. The van der Waals surface area contributed by atoms with Gasteiger partial charge in [-0.25, -0.2) is 4.98 Å². The Morgan fingerprint density at radius 1 is 0.893 bits per heavy atom. The SMILES string of the molecule is c1ccc2c(c1)c(-c1c[nH+]cc(-c3ccsc3)c1)cn2CCN1CCCCC1. The molecule has 28 heavy (non-hydrogen) atoms. The Hall–Kier alpha value is -2.43. The second-order valence-electron chi connectivity index (χ2n) is 7.68. The smallest absolute Gasteiger partial charge is 0.174 e. The average Bonchev–Trinajstić information content (AvgIpc) is 3.42. The van der Waals surface area contributed by atoms with Crippen LogP contribution in [0.3, 0.4) is 0 Å². The molecular formula is C24H26N3S+. The van der Waals surface area contributed by atoms with Crippen molar-refractivity contribution in [2.75, 3.05) is 19.6 Å². The van der Waals surface area contributed by atoms with E-state index < -0.39 is 0 Å². The highest BCUT2D eigenvalue weighted by Gasteiger charge is 2.15. The molecule has 1 saturated heterocycles. The minimum atomic E-state index is 1.05. The Kier molecular flexibility index (Phi) is 4.98. The first-order valence-electron chi connectivity index (χ1n) is 10.2. The second-order valence-corrected chi connectivity index (χ2v) is 8.46. The van der Waals surface area contributed by atoms with E-state index in [2.05, 4.69) is 80.2 Å². The Bertz CT molecular complexity index is 1060. The maximum Gasteiger partial charge on any atom is 0.174 e. The molecule has 1 fully saturated rings. The third-order valence-corrected chi connectivity index (χ3v) is 6.53. The fourth-order valence-electron chi connectivity index (χ4n) is 4.32. The van der Waals surface area contributed by atoms with Gasteiger partial charge in [0.25, 0.3) is 0 Å². The fourth-order valence-corrected chi connectivity index (χ4v) is 4.98. The van der Waals surface area contributed by atoms with Crippen molar-refractivity contribution in [3.63, 3.8) is 0 Å². The van der Waals surface area contributed by atoms with Gasteiger partial charge in [-0.2, -0.15) is 11.3 Å². The van der Waals surface area contributed by atoms with Crippen molar-refractivity contribution in [2.45, 2.75) is 25.8 Å². The van der Waals surface area contributed by atoms with Crippen LogP contribution in [0.1, 0.15) is 19.3 Å². The van der Waals surface area contributed by atoms with E-state index in [4.69, 9.17) is 0 Å². The molecule has 1 aliphatic rings. The summed E-state index contributed by atoms with van der Waals surface area (Å²) >= 11 is 1.74. The van der Waals surface area contributed by atoms with Crippen molar-refractivity contribution >= 4 is 22.2 Å². The van der Waals surface area contributed by atoms with Gasteiger partial charge < -0.3 is 9.47 Å². The number of pyridine rings is 1. The Balaban J connectivity index is 1.49. The summed E-state index contributed by atoms with van der Waals surface area (Å²) < 4.78 is 2.44. The molecule has 4 aromatic rings. The number of nitrogens with one attached hydrogen (secondary N) is 1. The highest BCUT2D eigenvalue weighted by atomic mass is 32.1. The largest absolute Gasteiger partial charge is 0.346 e. The standard InChI is InChI=1S/C24H25N3S/c1-4-9-26(10-5-1)11-12-27-17-23(22-6-2-3-7-24(22)27)21-14-20(15-25-16-21)19-8-13-28-18-19/h2-3,6-8,13-18H,1,4-5,9-12H2/p+1. The van der Waals surface area contributed by atoms with Gasteiger partial charge in [-0.15, -0.1) is 0 Å². The third-order valence-electron chi connectivity index (χ3n) is 5.85. The van der Waals surface area contributed by atoms with Crippen molar-refractivity contribution in [1.29, 1.82) is 0 Å². The van der Waals surface area contributed by atoms with Crippen molar-refractivity contribution < 1.29 is 4.98 Å². The fraction of sp³-hybridized carbons (Fsp3) is 0.292. The summed E-state index contributed by atoms with van der Waals surface area (Å²) in [6, 6.07) is 13.3. The van der Waals surface area contributed by atoms with Gasteiger partial charge in [0.05, 0.1) is 0 Å². The number of aromatic nitrogens is 2. The van der Waals surface area contributed by atoms with Gasteiger partial charge >= 0.3 is 0 Å². The number of H-pyrrole nitrogens is 1. The van der Waals surface area contributed by atoms with Crippen LogP contribution in [0.25, 0.3) is 33.2 Å². The zero-order valence-electron chi connectivity index (χ0n) is 16.1. The molecule has 0 amide bonds. The highest BCUT2D eigenvalue weighted by Crippen LogP contribution is 2.32. The van der Waals surface area contributed by atoms with Gasteiger partial charge in [-0.05, 0) is 60.5 Å². The van der Waals surface area contributed by atoms with Crippen LogP contribution >= 0.6 is 11.3 Å². The first kappa shape index (κ1) is 17.7. The molecule has 4 heterocycles. The second kappa shape index (κ2) is 7.90. The van der Waals surface area contributed by atoms with Crippen molar-refractivity contribution in [2.24, 2.45) is 0 Å². The zero-order chi connectivity index (χ0) is 18.8. The predicted molar refractivity (Wildman–Crippen MR) is 118 cm³/mol. The van der Waals surface area contributed by atoms with Crippen LogP contribution in [0, 0.1) is 0 Å². The van der Waals surface area contributed by atoms with Crippen LogP contribution in [-0.4, -0.2) is 29.1 Å². The molecular weight excluding hydrogens is 362 g/mol. The summed E-state index contributed by atoms with van der Waals surface area (Å²) in [6.45, 7) is 4.70. The summed E-state index contributed by atoms with van der Waals surface area (Å²) in [5.41, 5.74) is 6.40. The average molecular weight is 389 g/mol. The molecule has 0 bridgehead atoms. The number of para-hydroxylation sites is 1. The Morgan fingerprint density at radius 3 is 2.61 bits per heavy atom. The Morgan fingerprint density at radius 2 is 1.75 bits per heavy atom. The lowest BCUT2D eigenvalue weighted by atomic mass is 10.0. The van der Waals surface area contributed by atoms with Crippen LogP contribution in [-0.2, 0) is 6.54 Å². The minimum Gasteiger partial charge on any atom is -0.346 e. The molecule has 1 aromatic carbocycles. The molecule has 3 nitrogen and oxygen atoms in total. The molecule has 5 rings (SSSR count). The molecule has 0 unspecified atom stereocenters. The lowest BCUT2D eigenvalue weighted by Crippen LogP contribution is -2.32. The molecule has 4 heteroatoms. The highest BCUT2D eigenvalue weighted by molar-refractivity contribution is 7.08. The molecule has 0 aliphatic carbocycles. The topological polar surface area (TPSA) is 22.3 Å². The van der Waals surface area contributed by atoms with E-state index in [0.29, 0.717) is 0 Å². The maximum atomic E-state index is 3.36. The summed E-state index contributed by atoms with van der Waals surface area (Å²) in [5.74, 6) is 0. The molecule has 0 saturated carbocycles. The summed E-state index contributed by atoms with van der Waals surface area (Å²) in [4.78, 5) is 5.98. The van der Waals surface area contributed by atoms with Gasteiger partial charge in [0.2, 0.25) is 0 Å². The number of thiophene rings is 1. The van der Waals surface area contributed by atoms with E-state index in [1.54, 1.807) is 11.3 Å². The van der Waals surface area contributed by atoms with Crippen LogP contribution in [0.15, 0.2) is 65.7 Å². The van der Waals surface area contributed by atoms with Gasteiger partial charge in [0.1, 0.15) is 0 Å². The number of hydrogen-bond acceptors (Lipinski definition) is 2. The lowest BCUT2D eigenvalue weighted by Gasteiger charge is -2.26. The van der Waals surface area contributed by atoms with E-state index in [1.165, 1.54) is 65.5 Å². The molecule has 3 aromatic heterocycles. The molecule has 142 valence electrons. The lowest BCUT2D eigenvalue weighted by molar-refractivity contribution is -0.376. The number of nitrogens with zero attached hydrogens (tertiary/aromatic N) is 2. The number of hydrogen-bond donors (Lipinski definition) is 0. The number of rotatable bonds is 5.